The highest BCUT2D eigenvalue weighted by atomic mass is 35.5. The molecule has 3 rings (SSSR count). The molecule has 0 amide bonds. The average molecular weight is 376 g/mol. The Morgan fingerprint density at radius 2 is 2.00 bits per heavy atom. The molecule has 0 aromatic heterocycles. The Morgan fingerprint density at radius 1 is 1.24 bits per heavy atom. The number of rotatable bonds is 4. The second kappa shape index (κ2) is 7.98. The summed E-state index contributed by atoms with van der Waals surface area (Å²) in [6.45, 7) is 4.86. The van der Waals surface area contributed by atoms with Gasteiger partial charge in [-0.3, -0.25) is 0 Å². The van der Waals surface area contributed by atoms with E-state index >= 15 is 0 Å². The van der Waals surface area contributed by atoms with Crippen LogP contribution in [0.1, 0.15) is 11.1 Å². The van der Waals surface area contributed by atoms with Crippen LogP contribution in [0.3, 0.4) is 0 Å². The number of halogens is 1. The first-order valence-corrected chi connectivity index (χ1v) is 9.42. The Kier molecular flexibility index (Phi) is 5.71. The van der Waals surface area contributed by atoms with Crippen LogP contribution in [0.2, 0.25) is 5.02 Å². The third kappa shape index (κ3) is 4.39. The van der Waals surface area contributed by atoms with Gasteiger partial charge in [-0.1, -0.05) is 11.6 Å². The Bertz CT molecular complexity index is 824. The highest BCUT2D eigenvalue weighted by Gasteiger charge is 2.22. The third-order valence-electron chi connectivity index (χ3n) is 3.81. The van der Waals surface area contributed by atoms with Crippen molar-refractivity contribution < 1.29 is 8.95 Å². The molecule has 1 saturated heterocycles. The smallest absolute Gasteiger partial charge is 0.145 e. The molecule has 1 atom stereocenters. The minimum Gasteiger partial charge on any atom is -0.456 e. The maximum Gasteiger partial charge on any atom is 0.145 e. The summed E-state index contributed by atoms with van der Waals surface area (Å²) in [6.07, 6.45) is 0. The van der Waals surface area contributed by atoms with E-state index in [0.717, 1.165) is 18.7 Å². The summed E-state index contributed by atoms with van der Waals surface area (Å²) in [4.78, 5) is 0.499. The van der Waals surface area contributed by atoms with Gasteiger partial charge in [0.1, 0.15) is 22.5 Å². The average Bonchev–Trinajstić information content (AvgIpc) is 2.61. The Hall–Kier alpha value is -1.91. The van der Waals surface area contributed by atoms with Crippen LogP contribution < -0.4 is 10.1 Å². The zero-order chi connectivity index (χ0) is 17.8. The maximum atomic E-state index is 13.0. The first-order valence-electron chi connectivity index (χ1n) is 7.93. The van der Waals surface area contributed by atoms with Crippen molar-refractivity contribution in [2.75, 3.05) is 26.2 Å². The van der Waals surface area contributed by atoms with Gasteiger partial charge in [-0.2, -0.15) is 5.26 Å². The number of piperazine rings is 1. The van der Waals surface area contributed by atoms with Crippen LogP contribution in [0.4, 0.5) is 0 Å². The summed E-state index contributed by atoms with van der Waals surface area (Å²) in [6, 6.07) is 12.5. The van der Waals surface area contributed by atoms with E-state index < -0.39 is 11.0 Å². The van der Waals surface area contributed by atoms with Crippen molar-refractivity contribution in [2.45, 2.75) is 11.8 Å². The van der Waals surface area contributed by atoms with Crippen molar-refractivity contribution >= 4 is 22.6 Å². The Morgan fingerprint density at radius 3 is 2.68 bits per heavy atom. The highest BCUT2D eigenvalue weighted by molar-refractivity contribution is 7.82. The molecule has 7 heteroatoms. The molecule has 1 aliphatic rings. The van der Waals surface area contributed by atoms with Gasteiger partial charge >= 0.3 is 0 Å². The molecular weight excluding hydrogens is 358 g/mol. The van der Waals surface area contributed by atoms with E-state index in [1.165, 1.54) is 0 Å². The molecule has 0 spiro atoms. The highest BCUT2D eigenvalue weighted by Crippen LogP contribution is 2.32. The van der Waals surface area contributed by atoms with Crippen LogP contribution in [-0.2, 0) is 11.0 Å². The molecule has 1 heterocycles. The van der Waals surface area contributed by atoms with Crippen molar-refractivity contribution in [3.63, 3.8) is 0 Å². The summed E-state index contributed by atoms with van der Waals surface area (Å²) in [5.41, 5.74) is 1.43. The number of nitrogens with one attached hydrogen (secondary N) is 1. The summed E-state index contributed by atoms with van der Waals surface area (Å²) >= 11 is 6.09. The molecule has 1 aliphatic heterocycles. The quantitative estimate of drug-likeness (QED) is 0.890. The number of benzene rings is 2. The molecule has 2 aromatic carbocycles. The fourth-order valence-electron chi connectivity index (χ4n) is 2.64. The lowest BCUT2D eigenvalue weighted by Gasteiger charge is -2.26. The topological polar surface area (TPSA) is 65.4 Å². The van der Waals surface area contributed by atoms with Crippen LogP contribution in [0, 0.1) is 18.3 Å². The monoisotopic (exact) mass is 375 g/mol. The Balaban J connectivity index is 1.95. The summed E-state index contributed by atoms with van der Waals surface area (Å²) in [7, 11) is -1.39. The molecule has 1 fully saturated rings. The van der Waals surface area contributed by atoms with Gasteiger partial charge in [-0.05, 0) is 48.9 Å². The van der Waals surface area contributed by atoms with Gasteiger partial charge in [0.25, 0.3) is 0 Å². The van der Waals surface area contributed by atoms with Crippen molar-refractivity contribution in [1.29, 1.82) is 5.26 Å². The van der Waals surface area contributed by atoms with E-state index in [4.69, 9.17) is 16.3 Å². The van der Waals surface area contributed by atoms with Crippen molar-refractivity contribution in [3.8, 4) is 17.6 Å². The standard InChI is InChI=1S/C18H18ClN3O2S/c1-13-8-15(19)11-16(9-13)24-17-3-2-14(12-20)10-18(17)25(23)22-6-4-21-5-7-22/h2-3,8-11,21H,4-7H2,1H3. The SMILES string of the molecule is Cc1cc(Cl)cc(Oc2ccc(C#N)cc2S(=O)N2CCNCC2)c1. The fourth-order valence-corrected chi connectivity index (χ4v) is 4.22. The van der Waals surface area contributed by atoms with Gasteiger partial charge in [0.15, 0.2) is 0 Å². The largest absolute Gasteiger partial charge is 0.456 e. The van der Waals surface area contributed by atoms with Gasteiger partial charge in [0.2, 0.25) is 0 Å². The number of ether oxygens (including phenoxy) is 1. The molecule has 1 N–H and O–H groups in total. The maximum absolute atomic E-state index is 13.0. The molecule has 2 aromatic rings. The lowest BCUT2D eigenvalue weighted by atomic mass is 10.2. The molecule has 25 heavy (non-hydrogen) atoms. The summed E-state index contributed by atoms with van der Waals surface area (Å²) < 4.78 is 20.8. The first kappa shape index (κ1) is 17.9. The van der Waals surface area contributed by atoms with Crippen LogP contribution in [-0.4, -0.2) is 34.7 Å². The fraction of sp³-hybridized carbons (Fsp3) is 0.278. The van der Waals surface area contributed by atoms with E-state index in [2.05, 4.69) is 11.4 Å². The van der Waals surface area contributed by atoms with Crippen molar-refractivity contribution in [1.82, 2.24) is 9.62 Å². The van der Waals surface area contributed by atoms with Gasteiger partial charge in [-0.15, -0.1) is 0 Å². The zero-order valence-electron chi connectivity index (χ0n) is 13.8. The molecule has 5 nitrogen and oxygen atoms in total. The van der Waals surface area contributed by atoms with Crippen LogP contribution in [0.5, 0.6) is 11.5 Å². The van der Waals surface area contributed by atoms with Crippen molar-refractivity contribution in [2.24, 2.45) is 0 Å². The number of hydrogen-bond acceptors (Lipinski definition) is 4. The number of hydrogen-bond donors (Lipinski definition) is 1. The van der Waals surface area contributed by atoms with Gasteiger partial charge in [0, 0.05) is 31.2 Å². The zero-order valence-corrected chi connectivity index (χ0v) is 15.4. The van der Waals surface area contributed by atoms with Gasteiger partial charge in [-0.25, -0.2) is 8.51 Å². The third-order valence-corrected chi connectivity index (χ3v) is 5.56. The number of nitrogens with zero attached hydrogens (tertiary/aromatic N) is 2. The molecule has 0 radical (unpaired) electrons. The lowest BCUT2D eigenvalue weighted by molar-refractivity contribution is 0.378. The van der Waals surface area contributed by atoms with E-state index in [-0.39, 0.29) is 0 Å². The normalized spacial score (nSPS) is 16.2. The second-order valence-electron chi connectivity index (χ2n) is 5.77. The van der Waals surface area contributed by atoms with Crippen LogP contribution in [0.15, 0.2) is 41.3 Å². The summed E-state index contributed by atoms with van der Waals surface area (Å²) in [5, 5.41) is 13.0. The molecule has 0 saturated carbocycles. The van der Waals surface area contributed by atoms with E-state index in [0.29, 0.717) is 40.1 Å². The second-order valence-corrected chi connectivity index (χ2v) is 7.66. The van der Waals surface area contributed by atoms with Gasteiger partial charge in [0.05, 0.1) is 16.5 Å². The molecule has 0 aliphatic carbocycles. The Labute approximate surface area is 154 Å². The first-order chi connectivity index (χ1) is 12.1. The van der Waals surface area contributed by atoms with E-state index in [9.17, 15) is 9.47 Å². The van der Waals surface area contributed by atoms with E-state index in [1.54, 1.807) is 24.3 Å². The molecule has 1 unspecified atom stereocenters. The van der Waals surface area contributed by atoms with Crippen LogP contribution in [0.25, 0.3) is 0 Å². The minimum atomic E-state index is -1.39. The number of nitriles is 1. The molecule has 0 bridgehead atoms. The molecular formula is C18H18ClN3O2S. The molecule has 130 valence electrons. The summed E-state index contributed by atoms with van der Waals surface area (Å²) in [5.74, 6) is 1.05. The van der Waals surface area contributed by atoms with Crippen LogP contribution >= 0.6 is 11.6 Å². The minimum absolute atomic E-state index is 0.452. The predicted molar refractivity (Wildman–Crippen MR) is 98.3 cm³/mol. The number of aryl methyl sites for hydroxylation is 1. The lowest BCUT2D eigenvalue weighted by Crippen LogP contribution is -2.44. The van der Waals surface area contributed by atoms with E-state index in [1.807, 2.05) is 23.4 Å². The van der Waals surface area contributed by atoms with Gasteiger partial charge < -0.3 is 10.1 Å². The van der Waals surface area contributed by atoms with Crippen molar-refractivity contribution in [3.05, 3.63) is 52.5 Å². The predicted octanol–water partition coefficient (Wildman–Crippen LogP) is 3.24.